The van der Waals surface area contributed by atoms with Gasteiger partial charge in [0.05, 0.1) is 11.0 Å². The summed E-state index contributed by atoms with van der Waals surface area (Å²) in [5, 5.41) is 4.48. The minimum absolute atomic E-state index is 0.560. The van der Waals surface area contributed by atoms with Gasteiger partial charge in [-0.2, -0.15) is 9.97 Å². The van der Waals surface area contributed by atoms with E-state index in [2.05, 4.69) is 174 Å². The van der Waals surface area contributed by atoms with Crippen LogP contribution in [0.4, 0.5) is 0 Å². The molecule has 262 valence electrons. The number of aromatic nitrogens is 4. The van der Waals surface area contributed by atoms with Crippen molar-refractivity contribution in [3.63, 3.8) is 0 Å². The Bertz CT molecular complexity index is 3240. The third kappa shape index (κ3) is 5.45. The largest absolute Gasteiger partial charge is 0.456 e. The zero-order valence-electron chi connectivity index (χ0n) is 30.2. The standard InChI is InChI=1S/C51H32N4O/c1-3-12-33(13-4-1)35-22-24-36(25-23-35)49-52-50(40-17-11-16-37(30-40)34-14-5-2-6-15-34)54-51(53-49)55-45-20-9-7-18-41(45)44-31-38(27-29-46(44)55)39-26-28-43-42-19-8-10-21-47(42)56-48(43)32-39/h1-32H. The second-order valence-electron chi connectivity index (χ2n) is 14.1. The van der Waals surface area contributed by atoms with E-state index in [1.54, 1.807) is 0 Å². The first-order valence-electron chi connectivity index (χ1n) is 18.8. The molecule has 8 aromatic carbocycles. The quantitative estimate of drug-likeness (QED) is 0.172. The summed E-state index contributed by atoms with van der Waals surface area (Å²) < 4.78 is 8.44. The van der Waals surface area contributed by atoms with Gasteiger partial charge in [0, 0.05) is 32.7 Å². The zero-order chi connectivity index (χ0) is 37.0. The summed E-state index contributed by atoms with van der Waals surface area (Å²) in [6.07, 6.45) is 0. The van der Waals surface area contributed by atoms with Gasteiger partial charge in [-0.1, -0.05) is 152 Å². The summed E-state index contributed by atoms with van der Waals surface area (Å²) >= 11 is 0. The number of nitrogens with zero attached hydrogens (tertiary/aromatic N) is 4. The second kappa shape index (κ2) is 13.0. The smallest absolute Gasteiger partial charge is 0.238 e. The normalized spacial score (nSPS) is 11.6. The number of furan rings is 1. The number of rotatable bonds is 6. The summed E-state index contributed by atoms with van der Waals surface area (Å²) in [6, 6.07) is 67.5. The van der Waals surface area contributed by atoms with Crippen molar-refractivity contribution in [2.45, 2.75) is 0 Å². The molecule has 0 saturated carbocycles. The molecule has 56 heavy (non-hydrogen) atoms. The minimum atomic E-state index is 0.560. The van der Waals surface area contributed by atoms with E-state index in [1.807, 2.05) is 24.3 Å². The molecule has 0 fully saturated rings. The number of para-hydroxylation sites is 2. The number of hydrogen-bond acceptors (Lipinski definition) is 4. The number of hydrogen-bond donors (Lipinski definition) is 0. The van der Waals surface area contributed by atoms with Gasteiger partial charge in [0.1, 0.15) is 11.2 Å². The molecule has 0 aliphatic rings. The molecule has 0 atom stereocenters. The first-order chi connectivity index (χ1) is 27.7. The Morgan fingerprint density at radius 2 is 0.821 bits per heavy atom. The molecule has 3 heterocycles. The van der Waals surface area contributed by atoms with Crippen molar-refractivity contribution in [3.05, 3.63) is 194 Å². The van der Waals surface area contributed by atoms with Crippen LogP contribution in [-0.4, -0.2) is 19.5 Å². The maximum atomic E-state index is 6.26. The van der Waals surface area contributed by atoms with Crippen molar-refractivity contribution >= 4 is 43.7 Å². The predicted octanol–water partition coefficient (Wildman–Crippen LogP) is 13.2. The van der Waals surface area contributed by atoms with E-state index in [9.17, 15) is 0 Å². The average molecular weight is 717 g/mol. The summed E-state index contributed by atoms with van der Waals surface area (Å²) in [5.41, 5.74) is 12.4. The molecular weight excluding hydrogens is 685 g/mol. The molecule has 0 amide bonds. The van der Waals surface area contributed by atoms with E-state index < -0.39 is 0 Å². The van der Waals surface area contributed by atoms with Crippen LogP contribution < -0.4 is 0 Å². The SMILES string of the molecule is c1ccc(-c2ccc(-c3nc(-c4cccc(-c5ccccc5)c4)nc(-n4c5ccccc5c5cc(-c6ccc7c(c6)oc6ccccc67)ccc54)n3)cc2)cc1. The molecule has 5 heteroatoms. The van der Waals surface area contributed by atoms with E-state index in [0.717, 1.165) is 88.3 Å². The summed E-state index contributed by atoms with van der Waals surface area (Å²) in [4.78, 5) is 15.6. The van der Waals surface area contributed by atoms with Gasteiger partial charge in [-0.25, -0.2) is 4.98 Å². The molecule has 0 spiro atoms. The molecule has 3 aromatic heterocycles. The van der Waals surface area contributed by atoms with Gasteiger partial charge >= 0.3 is 0 Å². The van der Waals surface area contributed by atoms with Crippen LogP contribution in [0.15, 0.2) is 199 Å². The second-order valence-corrected chi connectivity index (χ2v) is 14.1. The van der Waals surface area contributed by atoms with Gasteiger partial charge < -0.3 is 4.42 Å². The fourth-order valence-electron chi connectivity index (χ4n) is 7.91. The van der Waals surface area contributed by atoms with Crippen LogP contribution in [0, 0.1) is 0 Å². The Kier molecular flexibility index (Phi) is 7.42. The van der Waals surface area contributed by atoms with Crippen molar-refractivity contribution in [1.82, 2.24) is 19.5 Å². The molecule has 0 N–H and O–H groups in total. The zero-order valence-corrected chi connectivity index (χ0v) is 30.2. The molecular formula is C51H32N4O. The monoisotopic (exact) mass is 716 g/mol. The van der Waals surface area contributed by atoms with Gasteiger partial charge in [-0.15, -0.1) is 0 Å². The van der Waals surface area contributed by atoms with Crippen LogP contribution in [0.1, 0.15) is 0 Å². The molecule has 0 aliphatic heterocycles. The molecule has 11 rings (SSSR count). The van der Waals surface area contributed by atoms with Crippen LogP contribution >= 0.6 is 0 Å². The first-order valence-corrected chi connectivity index (χ1v) is 18.8. The van der Waals surface area contributed by atoms with Crippen molar-refractivity contribution in [2.24, 2.45) is 0 Å². The predicted molar refractivity (Wildman–Crippen MR) is 229 cm³/mol. The topological polar surface area (TPSA) is 56.7 Å². The van der Waals surface area contributed by atoms with Crippen LogP contribution in [-0.2, 0) is 0 Å². The third-order valence-electron chi connectivity index (χ3n) is 10.7. The van der Waals surface area contributed by atoms with Crippen LogP contribution in [0.25, 0.3) is 106 Å². The summed E-state index contributed by atoms with van der Waals surface area (Å²) in [6.45, 7) is 0. The van der Waals surface area contributed by atoms with Gasteiger partial charge in [0.25, 0.3) is 0 Å². The Hall–Kier alpha value is -7.63. The molecule has 0 unspecified atom stereocenters. The lowest BCUT2D eigenvalue weighted by molar-refractivity contribution is 0.669. The van der Waals surface area contributed by atoms with Crippen molar-refractivity contribution in [2.75, 3.05) is 0 Å². The fourth-order valence-corrected chi connectivity index (χ4v) is 7.91. The Labute approximate surface area is 322 Å². The third-order valence-corrected chi connectivity index (χ3v) is 10.7. The molecule has 11 aromatic rings. The molecule has 0 saturated heterocycles. The van der Waals surface area contributed by atoms with Gasteiger partial charge in [0.2, 0.25) is 5.95 Å². The number of fused-ring (bicyclic) bond motifs is 6. The van der Waals surface area contributed by atoms with E-state index >= 15 is 0 Å². The lowest BCUT2D eigenvalue weighted by Gasteiger charge is -2.12. The van der Waals surface area contributed by atoms with Gasteiger partial charge in [-0.3, -0.25) is 4.57 Å². The van der Waals surface area contributed by atoms with Crippen LogP contribution in [0.3, 0.4) is 0 Å². The number of benzene rings is 8. The van der Waals surface area contributed by atoms with Crippen molar-refractivity contribution in [3.8, 4) is 62.1 Å². The fraction of sp³-hybridized carbons (Fsp3) is 0. The summed E-state index contributed by atoms with van der Waals surface area (Å²) in [7, 11) is 0. The van der Waals surface area contributed by atoms with Gasteiger partial charge in [0.15, 0.2) is 11.6 Å². The summed E-state index contributed by atoms with van der Waals surface area (Å²) in [5.74, 6) is 1.78. The lowest BCUT2D eigenvalue weighted by Crippen LogP contribution is -2.06. The maximum absolute atomic E-state index is 6.26. The molecule has 0 aliphatic carbocycles. The highest BCUT2D eigenvalue weighted by molar-refractivity contribution is 6.11. The highest BCUT2D eigenvalue weighted by Gasteiger charge is 2.19. The van der Waals surface area contributed by atoms with Crippen LogP contribution in [0.5, 0.6) is 0 Å². The molecule has 0 bridgehead atoms. The van der Waals surface area contributed by atoms with Crippen LogP contribution in [0.2, 0.25) is 0 Å². The first kappa shape index (κ1) is 31.9. The van der Waals surface area contributed by atoms with E-state index in [4.69, 9.17) is 19.4 Å². The molecule has 0 radical (unpaired) electrons. The molecule has 5 nitrogen and oxygen atoms in total. The van der Waals surface area contributed by atoms with E-state index in [-0.39, 0.29) is 0 Å². The lowest BCUT2D eigenvalue weighted by atomic mass is 10.0. The Balaban J connectivity index is 1.09. The van der Waals surface area contributed by atoms with Gasteiger partial charge in [-0.05, 0) is 75.8 Å². The highest BCUT2D eigenvalue weighted by atomic mass is 16.3. The Morgan fingerprint density at radius 1 is 0.304 bits per heavy atom. The van der Waals surface area contributed by atoms with Crippen molar-refractivity contribution < 1.29 is 4.42 Å². The highest BCUT2D eigenvalue weighted by Crippen LogP contribution is 2.37. The van der Waals surface area contributed by atoms with E-state index in [1.165, 1.54) is 0 Å². The average Bonchev–Trinajstić information content (AvgIpc) is 3.82. The van der Waals surface area contributed by atoms with Crippen molar-refractivity contribution in [1.29, 1.82) is 0 Å². The van der Waals surface area contributed by atoms with E-state index in [0.29, 0.717) is 17.6 Å². The minimum Gasteiger partial charge on any atom is -0.456 e. The Morgan fingerprint density at radius 3 is 1.62 bits per heavy atom. The maximum Gasteiger partial charge on any atom is 0.238 e.